The van der Waals surface area contributed by atoms with Crippen LogP contribution in [0, 0.1) is 5.92 Å². The van der Waals surface area contributed by atoms with Gasteiger partial charge in [-0.3, -0.25) is 0 Å². The van der Waals surface area contributed by atoms with Gasteiger partial charge in [0.2, 0.25) is 0 Å². The van der Waals surface area contributed by atoms with Crippen molar-refractivity contribution in [2.24, 2.45) is 5.92 Å². The quantitative estimate of drug-likeness (QED) is 0.808. The average molecular weight is 288 g/mol. The first-order chi connectivity index (χ1) is 8.33. The fourth-order valence-electron chi connectivity index (χ4n) is 1.83. The van der Waals surface area contributed by atoms with Crippen LogP contribution in [-0.2, 0) is 6.42 Å². The van der Waals surface area contributed by atoms with Crippen LogP contribution in [0.2, 0.25) is 10.0 Å². The largest absolute Gasteiger partial charge is 0.312 e. The van der Waals surface area contributed by atoms with Crippen molar-refractivity contribution in [3.63, 3.8) is 0 Å². The highest BCUT2D eigenvalue weighted by atomic mass is 35.5. The van der Waals surface area contributed by atoms with E-state index >= 15 is 0 Å². The van der Waals surface area contributed by atoms with Crippen LogP contribution in [0.15, 0.2) is 18.2 Å². The third-order valence-electron chi connectivity index (χ3n) is 3.05. The molecule has 0 radical (unpaired) electrons. The second-order valence-corrected chi connectivity index (χ2v) is 6.62. The van der Waals surface area contributed by atoms with E-state index in [1.54, 1.807) is 0 Å². The molecule has 0 aromatic heterocycles. The predicted molar refractivity (Wildman–Crippen MR) is 81.7 cm³/mol. The molecule has 0 aliphatic rings. The van der Waals surface area contributed by atoms with Gasteiger partial charge in [0.25, 0.3) is 0 Å². The maximum atomic E-state index is 6.22. The molecule has 1 rings (SSSR count). The zero-order chi connectivity index (χ0) is 13.8. The van der Waals surface area contributed by atoms with E-state index in [-0.39, 0.29) is 5.54 Å². The molecule has 0 saturated carbocycles. The van der Waals surface area contributed by atoms with Gasteiger partial charge in [-0.2, -0.15) is 0 Å². The predicted octanol–water partition coefficient (Wildman–Crippen LogP) is 4.95. The zero-order valence-electron chi connectivity index (χ0n) is 11.7. The Morgan fingerprint density at radius 3 is 2.17 bits per heavy atom. The van der Waals surface area contributed by atoms with Crippen molar-refractivity contribution in [3.05, 3.63) is 33.8 Å². The van der Waals surface area contributed by atoms with Gasteiger partial charge in [0, 0.05) is 15.6 Å². The van der Waals surface area contributed by atoms with E-state index < -0.39 is 0 Å². The lowest BCUT2D eigenvalue weighted by Crippen LogP contribution is -2.39. The Hall–Kier alpha value is -0.240. The lowest BCUT2D eigenvalue weighted by molar-refractivity contribution is 0.363. The molecule has 1 N–H and O–H groups in total. The summed E-state index contributed by atoms with van der Waals surface area (Å²) >= 11 is 12.4. The lowest BCUT2D eigenvalue weighted by atomic mass is 9.95. The summed E-state index contributed by atoms with van der Waals surface area (Å²) in [7, 11) is 0. The first kappa shape index (κ1) is 15.8. The van der Waals surface area contributed by atoms with Crippen molar-refractivity contribution in [3.8, 4) is 0 Å². The second kappa shape index (κ2) is 6.79. The fraction of sp³-hybridized carbons (Fsp3) is 0.600. The molecule has 0 aliphatic carbocycles. The zero-order valence-corrected chi connectivity index (χ0v) is 13.2. The molecule has 0 bridgehead atoms. The minimum atomic E-state index is 0.150. The van der Waals surface area contributed by atoms with Gasteiger partial charge in [0.05, 0.1) is 0 Å². The van der Waals surface area contributed by atoms with Crippen LogP contribution in [-0.4, -0.2) is 12.1 Å². The van der Waals surface area contributed by atoms with Gasteiger partial charge in [-0.1, -0.05) is 42.6 Å². The Kier molecular flexibility index (Phi) is 5.97. The molecule has 0 spiro atoms. The molecule has 1 aromatic carbocycles. The molecule has 0 heterocycles. The maximum absolute atomic E-state index is 6.22. The number of benzene rings is 1. The molecule has 1 atom stereocenters. The van der Waals surface area contributed by atoms with Crippen LogP contribution < -0.4 is 5.32 Å². The molecule has 0 fully saturated rings. The van der Waals surface area contributed by atoms with E-state index in [1.165, 1.54) is 0 Å². The summed E-state index contributed by atoms with van der Waals surface area (Å²) in [6.07, 6.45) is 2.04. The molecule has 1 nitrogen and oxygen atoms in total. The minimum absolute atomic E-state index is 0.150. The summed E-state index contributed by atoms with van der Waals surface area (Å²) in [5, 5.41) is 5.10. The van der Waals surface area contributed by atoms with Crippen molar-refractivity contribution in [2.45, 2.75) is 46.1 Å². The molecule has 0 aliphatic heterocycles. The van der Waals surface area contributed by atoms with Crippen molar-refractivity contribution >= 4 is 23.2 Å². The fourth-order valence-corrected chi connectivity index (χ4v) is 2.38. The van der Waals surface area contributed by atoms with E-state index in [0.29, 0.717) is 5.92 Å². The number of hydrogen-bond acceptors (Lipinski definition) is 1. The summed E-state index contributed by atoms with van der Waals surface area (Å²) in [5.74, 6) is 0.557. The van der Waals surface area contributed by atoms with Crippen LogP contribution in [0.1, 0.15) is 39.7 Å². The van der Waals surface area contributed by atoms with Crippen molar-refractivity contribution < 1.29 is 0 Å². The molecule has 3 heteroatoms. The third-order valence-corrected chi connectivity index (χ3v) is 3.76. The smallest absolute Gasteiger partial charge is 0.0452 e. The highest BCUT2D eigenvalue weighted by molar-refractivity contribution is 6.35. The summed E-state index contributed by atoms with van der Waals surface area (Å²) in [6.45, 7) is 9.74. The second-order valence-electron chi connectivity index (χ2n) is 5.81. The molecule has 1 unspecified atom stereocenters. The maximum Gasteiger partial charge on any atom is 0.0452 e. The number of nitrogens with one attached hydrogen (secondary N) is 1. The van der Waals surface area contributed by atoms with Gasteiger partial charge in [0.15, 0.2) is 0 Å². The lowest BCUT2D eigenvalue weighted by Gasteiger charge is -2.25. The van der Waals surface area contributed by atoms with Crippen LogP contribution in [0.5, 0.6) is 0 Å². The summed E-state index contributed by atoms with van der Waals surface area (Å²) in [5.41, 5.74) is 1.22. The molecule has 0 amide bonds. The monoisotopic (exact) mass is 287 g/mol. The van der Waals surface area contributed by atoms with E-state index in [0.717, 1.165) is 35.0 Å². The van der Waals surface area contributed by atoms with Crippen molar-refractivity contribution in [1.29, 1.82) is 0 Å². The molecule has 102 valence electrons. The summed E-state index contributed by atoms with van der Waals surface area (Å²) in [6, 6.07) is 5.71. The summed E-state index contributed by atoms with van der Waals surface area (Å²) < 4.78 is 0. The van der Waals surface area contributed by atoms with Gasteiger partial charge in [-0.15, -0.1) is 0 Å². The van der Waals surface area contributed by atoms with Crippen molar-refractivity contribution in [1.82, 2.24) is 5.32 Å². The Morgan fingerprint density at radius 1 is 1.17 bits per heavy atom. The molecular formula is C15H23Cl2N. The Morgan fingerprint density at radius 2 is 1.72 bits per heavy atom. The minimum Gasteiger partial charge on any atom is -0.312 e. The molecular weight excluding hydrogens is 265 g/mol. The first-order valence-corrected chi connectivity index (χ1v) is 7.27. The SMILES string of the molecule is CCC(CNC(C)(C)C)Cc1c(Cl)cccc1Cl. The van der Waals surface area contributed by atoms with Gasteiger partial charge in [-0.05, 0) is 57.4 Å². The van der Waals surface area contributed by atoms with E-state index in [1.807, 2.05) is 18.2 Å². The van der Waals surface area contributed by atoms with E-state index in [4.69, 9.17) is 23.2 Å². The van der Waals surface area contributed by atoms with Gasteiger partial charge >= 0.3 is 0 Å². The first-order valence-electron chi connectivity index (χ1n) is 6.51. The normalized spacial score (nSPS) is 13.7. The van der Waals surface area contributed by atoms with Gasteiger partial charge in [0.1, 0.15) is 0 Å². The van der Waals surface area contributed by atoms with Crippen LogP contribution in [0.3, 0.4) is 0 Å². The van der Waals surface area contributed by atoms with Gasteiger partial charge < -0.3 is 5.32 Å². The van der Waals surface area contributed by atoms with Crippen LogP contribution in [0.4, 0.5) is 0 Å². The molecule has 1 aromatic rings. The Balaban J connectivity index is 2.68. The topological polar surface area (TPSA) is 12.0 Å². The van der Waals surface area contributed by atoms with Crippen LogP contribution >= 0.6 is 23.2 Å². The highest BCUT2D eigenvalue weighted by Gasteiger charge is 2.16. The van der Waals surface area contributed by atoms with E-state index in [2.05, 4.69) is 33.0 Å². The number of rotatable bonds is 5. The standard InChI is InChI=1S/C15H23Cl2N/c1-5-11(10-18-15(2,3)4)9-12-13(16)7-6-8-14(12)17/h6-8,11,18H,5,9-10H2,1-4H3. The number of halogens is 2. The molecule has 18 heavy (non-hydrogen) atoms. The average Bonchev–Trinajstić information content (AvgIpc) is 2.26. The Bertz CT molecular complexity index is 362. The summed E-state index contributed by atoms with van der Waals surface area (Å²) in [4.78, 5) is 0. The third kappa shape index (κ3) is 5.17. The number of hydrogen-bond donors (Lipinski definition) is 1. The van der Waals surface area contributed by atoms with Crippen LogP contribution in [0.25, 0.3) is 0 Å². The van der Waals surface area contributed by atoms with Gasteiger partial charge in [-0.25, -0.2) is 0 Å². The highest BCUT2D eigenvalue weighted by Crippen LogP contribution is 2.27. The Labute approximate surface area is 121 Å². The van der Waals surface area contributed by atoms with E-state index in [9.17, 15) is 0 Å². The van der Waals surface area contributed by atoms with Crippen molar-refractivity contribution in [2.75, 3.05) is 6.54 Å². The molecule has 0 saturated heterocycles.